The van der Waals surface area contributed by atoms with Gasteiger partial charge in [0.05, 0.1) is 17.2 Å². The molecule has 0 aliphatic carbocycles. The van der Waals surface area contributed by atoms with Crippen LogP contribution in [0.3, 0.4) is 0 Å². The molecule has 1 amide bonds. The fraction of sp³-hybridized carbons (Fsp3) is 0.333. The SMILES string of the molecule is CCN(C(=O)C1CCN(c2ccc(C#N)cn2)CC1)c1ccc(C#N)cc1. The highest BCUT2D eigenvalue weighted by atomic mass is 16.2. The first-order valence-corrected chi connectivity index (χ1v) is 9.09. The Morgan fingerprint density at radius 2 is 1.74 bits per heavy atom. The molecule has 0 radical (unpaired) electrons. The molecule has 27 heavy (non-hydrogen) atoms. The number of piperidine rings is 1. The van der Waals surface area contributed by atoms with Gasteiger partial charge in [-0.25, -0.2) is 4.98 Å². The molecule has 0 saturated carbocycles. The van der Waals surface area contributed by atoms with Crippen LogP contribution < -0.4 is 9.80 Å². The lowest BCUT2D eigenvalue weighted by molar-refractivity contribution is -0.122. The average molecular weight is 359 g/mol. The summed E-state index contributed by atoms with van der Waals surface area (Å²) in [7, 11) is 0. The lowest BCUT2D eigenvalue weighted by Gasteiger charge is -2.34. The van der Waals surface area contributed by atoms with Crippen LogP contribution >= 0.6 is 0 Å². The van der Waals surface area contributed by atoms with E-state index in [1.54, 1.807) is 29.3 Å². The molecule has 1 aliphatic rings. The first-order chi connectivity index (χ1) is 13.2. The Morgan fingerprint density at radius 1 is 1.11 bits per heavy atom. The van der Waals surface area contributed by atoms with Crippen LogP contribution in [0.4, 0.5) is 11.5 Å². The van der Waals surface area contributed by atoms with Gasteiger partial charge in [-0.3, -0.25) is 4.79 Å². The second kappa shape index (κ2) is 8.33. The molecular formula is C21H21N5O. The van der Waals surface area contributed by atoms with Crippen molar-refractivity contribution in [1.82, 2.24) is 4.98 Å². The van der Waals surface area contributed by atoms with Crippen molar-refractivity contribution in [1.29, 1.82) is 10.5 Å². The molecule has 1 aliphatic heterocycles. The summed E-state index contributed by atoms with van der Waals surface area (Å²) in [6.07, 6.45) is 3.12. The Morgan fingerprint density at radius 3 is 2.26 bits per heavy atom. The van der Waals surface area contributed by atoms with E-state index in [4.69, 9.17) is 10.5 Å². The zero-order valence-electron chi connectivity index (χ0n) is 15.3. The molecule has 0 spiro atoms. The summed E-state index contributed by atoms with van der Waals surface area (Å²) in [5.74, 6) is 0.962. The minimum Gasteiger partial charge on any atom is -0.357 e. The highest BCUT2D eigenvalue weighted by molar-refractivity contribution is 5.95. The van der Waals surface area contributed by atoms with Crippen molar-refractivity contribution in [2.75, 3.05) is 29.4 Å². The van der Waals surface area contributed by atoms with E-state index < -0.39 is 0 Å². The number of aromatic nitrogens is 1. The number of pyridine rings is 1. The number of carbonyl (C=O) groups is 1. The Kier molecular flexibility index (Phi) is 5.68. The predicted molar refractivity (Wildman–Crippen MR) is 103 cm³/mol. The minimum absolute atomic E-state index is 0.0183. The molecule has 0 N–H and O–H groups in total. The number of amides is 1. The van der Waals surface area contributed by atoms with E-state index in [0.29, 0.717) is 17.7 Å². The Balaban J connectivity index is 1.64. The zero-order chi connectivity index (χ0) is 19.2. The lowest BCUT2D eigenvalue weighted by Crippen LogP contribution is -2.43. The fourth-order valence-corrected chi connectivity index (χ4v) is 3.40. The molecule has 2 heterocycles. The minimum atomic E-state index is -0.0183. The third-order valence-electron chi connectivity index (χ3n) is 4.94. The topological polar surface area (TPSA) is 84.0 Å². The first kappa shape index (κ1) is 18.4. The number of rotatable bonds is 4. The van der Waals surface area contributed by atoms with Crippen LogP contribution in [0.5, 0.6) is 0 Å². The van der Waals surface area contributed by atoms with Crippen molar-refractivity contribution >= 4 is 17.4 Å². The van der Waals surface area contributed by atoms with Crippen LogP contribution in [0.25, 0.3) is 0 Å². The monoisotopic (exact) mass is 359 g/mol. The maximum atomic E-state index is 13.0. The van der Waals surface area contributed by atoms with Gasteiger partial charge in [0.15, 0.2) is 0 Å². The third-order valence-corrected chi connectivity index (χ3v) is 4.94. The van der Waals surface area contributed by atoms with Gasteiger partial charge >= 0.3 is 0 Å². The quantitative estimate of drug-likeness (QED) is 0.837. The van der Waals surface area contributed by atoms with Crippen molar-refractivity contribution in [2.24, 2.45) is 5.92 Å². The molecule has 6 heteroatoms. The van der Waals surface area contributed by atoms with Crippen molar-refractivity contribution in [3.63, 3.8) is 0 Å². The van der Waals surface area contributed by atoms with E-state index in [1.807, 2.05) is 25.1 Å². The summed E-state index contributed by atoms with van der Waals surface area (Å²) in [4.78, 5) is 21.3. The molecule has 0 atom stereocenters. The maximum absolute atomic E-state index is 13.0. The van der Waals surface area contributed by atoms with Crippen LogP contribution in [0.2, 0.25) is 0 Å². The molecule has 1 fully saturated rings. The highest BCUT2D eigenvalue weighted by Crippen LogP contribution is 2.26. The van der Waals surface area contributed by atoms with Crippen molar-refractivity contribution < 1.29 is 4.79 Å². The largest absolute Gasteiger partial charge is 0.357 e. The second-order valence-corrected chi connectivity index (χ2v) is 6.52. The van der Waals surface area contributed by atoms with E-state index in [1.165, 1.54) is 0 Å². The highest BCUT2D eigenvalue weighted by Gasteiger charge is 2.29. The number of benzene rings is 1. The van der Waals surface area contributed by atoms with Gasteiger partial charge < -0.3 is 9.80 Å². The van der Waals surface area contributed by atoms with Crippen LogP contribution in [0.15, 0.2) is 42.6 Å². The molecule has 1 saturated heterocycles. The standard InChI is InChI=1S/C21H21N5O/c1-2-26(19-6-3-16(13-22)4-7-19)21(27)18-9-11-25(12-10-18)20-8-5-17(14-23)15-24-20/h3-8,15,18H,2,9-12H2,1H3. The van der Waals surface area contributed by atoms with Crippen LogP contribution in [0.1, 0.15) is 30.9 Å². The normalized spacial score (nSPS) is 14.3. The zero-order valence-corrected chi connectivity index (χ0v) is 15.3. The molecule has 3 rings (SSSR count). The van der Waals surface area contributed by atoms with Crippen molar-refractivity contribution in [3.05, 3.63) is 53.7 Å². The van der Waals surface area contributed by atoms with Crippen LogP contribution in [0, 0.1) is 28.6 Å². The summed E-state index contributed by atoms with van der Waals surface area (Å²) in [5.41, 5.74) is 1.97. The number of anilines is 2. The first-order valence-electron chi connectivity index (χ1n) is 9.09. The van der Waals surface area contributed by atoms with E-state index in [9.17, 15) is 4.79 Å². The summed E-state index contributed by atoms with van der Waals surface area (Å²) in [5, 5.41) is 17.8. The van der Waals surface area contributed by atoms with E-state index in [-0.39, 0.29) is 11.8 Å². The van der Waals surface area contributed by atoms with Gasteiger partial charge in [-0.15, -0.1) is 0 Å². The van der Waals surface area contributed by atoms with Crippen LogP contribution in [-0.2, 0) is 4.79 Å². The van der Waals surface area contributed by atoms with Gasteiger partial charge in [0.25, 0.3) is 0 Å². The molecule has 136 valence electrons. The number of carbonyl (C=O) groups excluding carboxylic acids is 1. The fourth-order valence-electron chi connectivity index (χ4n) is 3.40. The number of nitrogens with zero attached hydrogens (tertiary/aromatic N) is 5. The number of hydrogen-bond donors (Lipinski definition) is 0. The van der Waals surface area contributed by atoms with Crippen LogP contribution in [-0.4, -0.2) is 30.5 Å². The van der Waals surface area contributed by atoms with E-state index in [0.717, 1.165) is 37.4 Å². The predicted octanol–water partition coefficient (Wildman–Crippen LogP) is 3.09. The molecule has 0 unspecified atom stereocenters. The molecular weight excluding hydrogens is 338 g/mol. The molecule has 0 bridgehead atoms. The van der Waals surface area contributed by atoms with E-state index >= 15 is 0 Å². The van der Waals surface area contributed by atoms with Gasteiger partial charge in [0.1, 0.15) is 11.9 Å². The van der Waals surface area contributed by atoms with Crippen molar-refractivity contribution in [2.45, 2.75) is 19.8 Å². The summed E-state index contributed by atoms with van der Waals surface area (Å²) < 4.78 is 0. The van der Waals surface area contributed by atoms with Gasteiger partial charge in [-0.05, 0) is 56.2 Å². The van der Waals surface area contributed by atoms with E-state index in [2.05, 4.69) is 22.0 Å². The number of nitriles is 2. The maximum Gasteiger partial charge on any atom is 0.230 e. The molecule has 6 nitrogen and oxygen atoms in total. The Bertz CT molecular complexity index is 869. The molecule has 2 aromatic rings. The van der Waals surface area contributed by atoms with Gasteiger partial charge in [-0.1, -0.05) is 0 Å². The summed E-state index contributed by atoms with van der Waals surface area (Å²) in [6, 6.07) is 14.9. The average Bonchev–Trinajstić information content (AvgIpc) is 2.75. The Hall–Kier alpha value is -3.38. The molecule has 1 aromatic carbocycles. The third kappa shape index (κ3) is 4.07. The Labute approximate surface area is 159 Å². The van der Waals surface area contributed by atoms with Crippen molar-refractivity contribution in [3.8, 4) is 12.1 Å². The van der Waals surface area contributed by atoms with Gasteiger partial charge in [0.2, 0.25) is 5.91 Å². The van der Waals surface area contributed by atoms with Gasteiger partial charge in [-0.2, -0.15) is 10.5 Å². The summed E-state index contributed by atoms with van der Waals surface area (Å²) >= 11 is 0. The summed E-state index contributed by atoms with van der Waals surface area (Å²) in [6.45, 7) is 4.09. The van der Waals surface area contributed by atoms with Gasteiger partial charge in [0, 0.05) is 37.4 Å². The lowest BCUT2D eigenvalue weighted by atomic mass is 9.95. The number of hydrogen-bond acceptors (Lipinski definition) is 5. The molecule has 1 aromatic heterocycles. The second-order valence-electron chi connectivity index (χ2n) is 6.52. The smallest absolute Gasteiger partial charge is 0.230 e.